The van der Waals surface area contributed by atoms with E-state index in [-0.39, 0.29) is 5.91 Å². The number of para-hydroxylation sites is 1. The number of aryl methyl sites for hydroxylation is 1. The third-order valence-electron chi connectivity index (χ3n) is 4.79. The van der Waals surface area contributed by atoms with Crippen molar-refractivity contribution in [3.8, 4) is 5.69 Å². The smallest absolute Gasteiger partial charge is 0.232 e. The summed E-state index contributed by atoms with van der Waals surface area (Å²) in [6.07, 6.45) is 0.396. The van der Waals surface area contributed by atoms with Gasteiger partial charge in [-0.25, -0.2) is 0 Å². The highest BCUT2D eigenvalue weighted by Gasteiger charge is 2.22. The molecule has 1 saturated heterocycles. The highest BCUT2D eigenvalue weighted by molar-refractivity contribution is 7.99. The summed E-state index contributed by atoms with van der Waals surface area (Å²) in [4.78, 5) is 14.5. The molecule has 0 aliphatic carbocycles. The molecule has 1 aliphatic heterocycles. The van der Waals surface area contributed by atoms with Gasteiger partial charge in [0.1, 0.15) is 0 Å². The van der Waals surface area contributed by atoms with E-state index >= 15 is 0 Å². The number of carbonyl (C=O) groups is 1. The highest BCUT2D eigenvalue weighted by atomic mass is 32.2. The van der Waals surface area contributed by atoms with Crippen molar-refractivity contribution in [2.24, 2.45) is 0 Å². The Hall–Kier alpha value is -2.84. The maximum atomic E-state index is 12.3. The molecule has 1 fully saturated rings. The Bertz CT molecular complexity index is 986. The van der Waals surface area contributed by atoms with Crippen molar-refractivity contribution in [1.82, 2.24) is 14.8 Å². The van der Waals surface area contributed by atoms with Gasteiger partial charge in [-0.1, -0.05) is 42.1 Å². The van der Waals surface area contributed by atoms with E-state index in [1.54, 1.807) is 11.8 Å². The number of hydrogen-bond donors (Lipinski definition) is 1. The van der Waals surface area contributed by atoms with E-state index < -0.39 is 0 Å². The van der Waals surface area contributed by atoms with Crippen molar-refractivity contribution >= 4 is 29.3 Å². The van der Waals surface area contributed by atoms with Crippen LogP contribution in [-0.2, 0) is 9.53 Å². The van der Waals surface area contributed by atoms with Gasteiger partial charge in [0.15, 0.2) is 5.16 Å². The van der Waals surface area contributed by atoms with Crippen LogP contribution in [0.3, 0.4) is 0 Å². The molecule has 3 aromatic rings. The van der Waals surface area contributed by atoms with Gasteiger partial charge in [-0.15, -0.1) is 10.2 Å². The summed E-state index contributed by atoms with van der Waals surface area (Å²) in [6.45, 7) is 5.01. The first-order chi connectivity index (χ1) is 14.7. The van der Waals surface area contributed by atoms with Crippen LogP contribution in [0.15, 0.2) is 59.8 Å². The van der Waals surface area contributed by atoms with Crippen molar-refractivity contribution < 1.29 is 9.53 Å². The van der Waals surface area contributed by atoms with Crippen molar-refractivity contribution in [1.29, 1.82) is 0 Å². The fourth-order valence-electron chi connectivity index (χ4n) is 3.30. The van der Waals surface area contributed by atoms with Gasteiger partial charge < -0.3 is 15.0 Å². The summed E-state index contributed by atoms with van der Waals surface area (Å²) in [6, 6.07) is 17.8. The first kappa shape index (κ1) is 20.4. The van der Waals surface area contributed by atoms with Crippen molar-refractivity contribution in [2.75, 3.05) is 42.3 Å². The van der Waals surface area contributed by atoms with E-state index in [0.717, 1.165) is 35.6 Å². The zero-order valence-electron chi connectivity index (χ0n) is 17.0. The fourth-order valence-corrected chi connectivity index (χ4v) is 4.18. The lowest BCUT2D eigenvalue weighted by Gasteiger charge is -2.28. The first-order valence-electron chi connectivity index (χ1n) is 10.0. The molecule has 1 aliphatic rings. The lowest BCUT2D eigenvalue weighted by molar-refractivity contribution is -0.115. The summed E-state index contributed by atoms with van der Waals surface area (Å²) >= 11 is 1.54. The van der Waals surface area contributed by atoms with E-state index in [1.165, 1.54) is 5.56 Å². The second-order valence-corrected chi connectivity index (χ2v) is 8.13. The fraction of sp³-hybridized carbons (Fsp3) is 0.318. The third kappa shape index (κ3) is 5.01. The molecule has 8 heteroatoms. The molecule has 0 atom stereocenters. The molecule has 30 heavy (non-hydrogen) atoms. The van der Waals surface area contributed by atoms with Crippen LogP contribution in [0.2, 0.25) is 0 Å². The second kappa shape index (κ2) is 9.77. The molecule has 1 amide bonds. The lowest BCUT2D eigenvalue weighted by atomic mass is 10.2. The number of anilines is 2. The number of ether oxygens (including phenoxy) is 1. The minimum absolute atomic E-state index is 0.0104. The molecule has 2 aromatic carbocycles. The minimum Gasteiger partial charge on any atom is -0.378 e. The van der Waals surface area contributed by atoms with E-state index in [2.05, 4.69) is 50.1 Å². The highest BCUT2D eigenvalue weighted by Crippen LogP contribution is 2.28. The van der Waals surface area contributed by atoms with Crippen LogP contribution >= 0.6 is 11.8 Å². The molecule has 0 radical (unpaired) electrons. The van der Waals surface area contributed by atoms with Crippen molar-refractivity contribution in [3.05, 3.63) is 60.2 Å². The summed E-state index contributed by atoms with van der Waals surface area (Å²) in [5.41, 5.74) is 3.01. The second-order valence-electron chi connectivity index (χ2n) is 7.07. The molecule has 0 spiro atoms. The number of nitrogens with zero attached hydrogens (tertiary/aromatic N) is 4. The van der Waals surface area contributed by atoms with Crippen molar-refractivity contribution in [2.45, 2.75) is 18.5 Å². The standard InChI is InChI=1S/C22H25N5O2S/c1-17-6-5-9-19(16-17)27-21(26-11-13-29-14-12-26)24-25-22(27)30-15-10-20(28)23-18-7-3-2-4-8-18/h2-9,16H,10-15H2,1H3,(H,23,28). The maximum absolute atomic E-state index is 12.3. The summed E-state index contributed by atoms with van der Waals surface area (Å²) in [5, 5.41) is 12.6. The number of benzene rings is 2. The van der Waals surface area contributed by atoms with Crippen LogP contribution in [-0.4, -0.2) is 52.7 Å². The van der Waals surface area contributed by atoms with Crippen molar-refractivity contribution in [3.63, 3.8) is 0 Å². The van der Waals surface area contributed by atoms with Gasteiger partial charge in [-0.2, -0.15) is 0 Å². The molecule has 1 aromatic heterocycles. The Balaban J connectivity index is 1.48. The summed E-state index contributed by atoms with van der Waals surface area (Å²) in [5.74, 6) is 1.43. The number of amides is 1. The summed E-state index contributed by atoms with van der Waals surface area (Å²) in [7, 11) is 0. The number of carbonyl (C=O) groups excluding carboxylic acids is 1. The largest absolute Gasteiger partial charge is 0.378 e. The van der Waals surface area contributed by atoms with Gasteiger partial charge >= 0.3 is 0 Å². The molecule has 0 saturated carbocycles. The average molecular weight is 424 g/mol. The van der Waals surface area contributed by atoms with Gasteiger partial charge in [0.2, 0.25) is 11.9 Å². The van der Waals surface area contributed by atoms with Crippen LogP contribution in [0.25, 0.3) is 5.69 Å². The topological polar surface area (TPSA) is 72.3 Å². The van der Waals surface area contributed by atoms with Crippen LogP contribution in [0, 0.1) is 6.92 Å². The first-order valence-corrected chi connectivity index (χ1v) is 11.0. The van der Waals surface area contributed by atoms with Crippen LogP contribution in [0.1, 0.15) is 12.0 Å². The molecule has 7 nitrogen and oxygen atoms in total. The Morgan fingerprint density at radius 2 is 1.90 bits per heavy atom. The molecule has 4 rings (SSSR count). The summed E-state index contributed by atoms with van der Waals surface area (Å²) < 4.78 is 7.57. The minimum atomic E-state index is -0.0104. The van der Waals surface area contributed by atoms with Crippen LogP contribution in [0.5, 0.6) is 0 Å². The average Bonchev–Trinajstić information content (AvgIpc) is 3.19. The SMILES string of the molecule is Cc1cccc(-n2c(SCCC(=O)Nc3ccccc3)nnc2N2CCOCC2)c1. The maximum Gasteiger partial charge on any atom is 0.232 e. The Labute approximate surface area is 180 Å². The van der Waals surface area contributed by atoms with E-state index in [4.69, 9.17) is 4.74 Å². The third-order valence-corrected chi connectivity index (χ3v) is 5.72. The molecule has 2 heterocycles. The van der Waals surface area contributed by atoms with Gasteiger partial charge in [-0.3, -0.25) is 9.36 Å². The molecule has 0 bridgehead atoms. The number of aromatic nitrogens is 3. The number of rotatable bonds is 7. The number of hydrogen-bond acceptors (Lipinski definition) is 6. The van der Waals surface area contributed by atoms with Gasteiger partial charge in [-0.05, 0) is 36.8 Å². The number of morpholine rings is 1. The molecule has 156 valence electrons. The van der Waals surface area contributed by atoms with Gasteiger partial charge in [0, 0.05) is 31.0 Å². The Morgan fingerprint density at radius 3 is 2.67 bits per heavy atom. The Morgan fingerprint density at radius 1 is 1.10 bits per heavy atom. The molecular weight excluding hydrogens is 398 g/mol. The number of nitrogens with one attached hydrogen (secondary N) is 1. The lowest BCUT2D eigenvalue weighted by Crippen LogP contribution is -2.37. The number of thioether (sulfide) groups is 1. The monoisotopic (exact) mass is 423 g/mol. The Kier molecular flexibility index (Phi) is 6.66. The molecule has 1 N–H and O–H groups in total. The predicted molar refractivity (Wildman–Crippen MR) is 120 cm³/mol. The van der Waals surface area contributed by atoms with E-state index in [9.17, 15) is 4.79 Å². The molecule has 0 unspecified atom stereocenters. The molecular formula is C22H25N5O2S. The van der Waals surface area contributed by atoms with Crippen LogP contribution in [0.4, 0.5) is 11.6 Å². The van der Waals surface area contributed by atoms with Gasteiger partial charge in [0.25, 0.3) is 0 Å². The zero-order valence-corrected chi connectivity index (χ0v) is 17.8. The predicted octanol–water partition coefficient (Wildman–Crippen LogP) is 3.53. The van der Waals surface area contributed by atoms with E-state index in [0.29, 0.717) is 25.4 Å². The zero-order chi connectivity index (χ0) is 20.8. The van der Waals surface area contributed by atoms with E-state index in [1.807, 2.05) is 36.4 Å². The van der Waals surface area contributed by atoms with Gasteiger partial charge in [0.05, 0.1) is 18.9 Å². The van der Waals surface area contributed by atoms with Crippen LogP contribution < -0.4 is 10.2 Å². The quantitative estimate of drug-likeness (QED) is 0.586. The normalized spacial score (nSPS) is 14.0.